The molecule has 0 aliphatic rings. The van der Waals surface area contributed by atoms with Crippen LogP contribution in [0.4, 0.5) is 5.88 Å². The van der Waals surface area contributed by atoms with Crippen LogP contribution in [0.3, 0.4) is 0 Å². The summed E-state index contributed by atoms with van der Waals surface area (Å²) in [7, 11) is -3.89. The largest absolute Gasteiger partial charge is 0.337 e. The lowest BCUT2D eigenvalue weighted by molar-refractivity contribution is 0.430. The first kappa shape index (κ1) is 26.7. The van der Waals surface area contributed by atoms with Crippen LogP contribution in [0.5, 0.6) is 0 Å². The van der Waals surface area contributed by atoms with Gasteiger partial charge in [-0.25, -0.2) is 13.1 Å². The van der Waals surface area contributed by atoms with Crippen LogP contribution in [0.2, 0.25) is 0 Å². The first-order valence-corrected chi connectivity index (χ1v) is 14.0. The van der Waals surface area contributed by atoms with Crippen molar-refractivity contribution < 1.29 is 12.9 Å². The molecule has 35 heavy (non-hydrogen) atoms. The van der Waals surface area contributed by atoms with Crippen LogP contribution in [0.15, 0.2) is 58.5 Å². The van der Waals surface area contributed by atoms with Crippen LogP contribution in [0.25, 0.3) is 11.1 Å². The third-order valence-corrected chi connectivity index (χ3v) is 8.29. The molecule has 2 aromatic carbocycles. The van der Waals surface area contributed by atoms with Crippen LogP contribution in [0.1, 0.15) is 79.8 Å². The average molecular weight is 495 g/mol. The van der Waals surface area contributed by atoms with Gasteiger partial charge in [0.25, 0.3) is 10.0 Å². The first-order valence-electron chi connectivity index (χ1n) is 12.5. The average Bonchev–Trinajstić information content (AvgIpc) is 3.16. The third kappa shape index (κ3) is 5.87. The molecule has 0 aliphatic heterocycles. The zero-order valence-corrected chi connectivity index (χ0v) is 22.5. The quantitative estimate of drug-likeness (QED) is 0.205. The number of anilines is 1. The van der Waals surface area contributed by atoms with Crippen molar-refractivity contribution in [2.24, 2.45) is 0 Å². The van der Waals surface area contributed by atoms with Crippen LogP contribution < -0.4 is 4.72 Å². The lowest BCUT2D eigenvalue weighted by Crippen LogP contribution is -2.14. The van der Waals surface area contributed by atoms with Gasteiger partial charge >= 0.3 is 0 Å². The molecule has 1 aromatic heterocycles. The van der Waals surface area contributed by atoms with Crippen molar-refractivity contribution in [2.75, 3.05) is 4.72 Å². The molecule has 0 saturated heterocycles. The highest BCUT2D eigenvalue weighted by atomic mass is 32.2. The number of nitrogens with zero attached hydrogens (tertiary/aromatic N) is 1. The molecular weight excluding hydrogens is 456 g/mol. The lowest BCUT2D eigenvalue weighted by Gasteiger charge is -2.22. The Morgan fingerprint density at radius 3 is 2.37 bits per heavy atom. The van der Waals surface area contributed by atoms with Crippen LogP contribution in [-0.4, -0.2) is 13.6 Å². The van der Waals surface area contributed by atoms with Crippen molar-refractivity contribution in [3.05, 3.63) is 77.0 Å². The number of hydrogen-bond acceptors (Lipinski definition) is 4. The SMILES string of the molecule is C=CC(CCCCCC)c1ccc(-c2ccccc2S(=O)(=O)Nc2onc(C)c2C)c(CC)c1C. The summed E-state index contributed by atoms with van der Waals surface area (Å²) in [6.07, 6.45) is 8.83. The highest BCUT2D eigenvalue weighted by Crippen LogP contribution is 2.37. The highest BCUT2D eigenvalue weighted by molar-refractivity contribution is 7.92. The van der Waals surface area contributed by atoms with Crippen molar-refractivity contribution in [3.63, 3.8) is 0 Å². The predicted octanol–water partition coefficient (Wildman–Crippen LogP) is 7.87. The molecule has 0 amide bonds. The van der Waals surface area contributed by atoms with Gasteiger partial charge in [-0.15, -0.1) is 6.58 Å². The number of rotatable bonds is 12. The molecule has 0 bridgehead atoms. The third-order valence-electron chi connectivity index (χ3n) is 6.90. The van der Waals surface area contributed by atoms with Gasteiger partial charge in [0, 0.05) is 17.0 Å². The van der Waals surface area contributed by atoms with Gasteiger partial charge in [-0.3, -0.25) is 0 Å². The lowest BCUT2D eigenvalue weighted by atomic mass is 9.84. The van der Waals surface area contributed by atoms with Crippen LogP contribution in [0, 0.1) is 20.8 Å². The molecule has 0 saturated carbocycles. The fraction of sp³-hybridized carbons (Fsp3) is 0.414. The van der Waals surface area contributed by atoms with E-state index in [0.29, 0.717) is 22.7 Å². The molecule has 0 fully saturated rings. The van der Waals surface area contributed by atoms with E-state index < -0.39 is 10.0 Å². The Bertz CT molecular complexity index is 1280. The first-order chi connectivity index (χ1) is 16.7. The number of nitrogens with one attached hydrogen (secondary N) is 1. The minimum atomic E-state index is -3.89. The van der Waals surface area contributed by atoms with Crippen LogP contribution >= 0.6 is 0 Å². The zero-order chi connectivity index (χ0) is 25.6. The summed E-state index contributed by atoms with van der Waals surface area (Å²) in [5.74, 6) is 0.445. The van der Waals surface area contributed by atoms with Gasteiger partial charge in [-0.1, -0.05) is 81.1 Å². The van der Waals surface area contributed by atoms with E-state index in [4.69, 9.17) is 4.52 Å². The van der Waals surface area contributed by atoms with Crippen molar-refractivity contribution in [1.29, 1.82) is 0 Å². The summed E-state index contributed by atoms with van der Waals surface area (Å²) in [6, 6.07) is 11.4. The fourth-order valence-electron chi connectivity index (χ4n) is 4.69. The Morgan fingerprint density at radius 2 is 1.74 bits per heavy atom. The number of sulfonamides is 1. The van der Waals surface area contributed by atoms with E-state index in [-0.39, 0.29) is 10.8 Å². The highest BCUT2D eigenvalue weighted by Gasteiger charge is 2.24. The number of allylic oxidation sites excluding steroid dienone is 1. The second kappa shape index (κ2) is 11.7. The minimum absolute atomic E-state index is 0.149. The molecule has 6 heteroatoms. The topological polar surface area (TPSA) is 72.2 Å². The molecule has 0 aliphatic carbocycles. The second-order valence-corrected chi connectivity index (χ2v) is 10.8. The van der Waals surface area contributed by atoms with E-state index in [2.05, 4.69) is 55.4 Å². The van der Waals surface area contributed by atoms with Gasteiger partial charge < -0.3 is 4.52 Å². The maximum atomic E-state index is 13.4. The van der Waals surface area contributed by atoms with E-state index >= 15 is 0 Å². The van der Waals surface area contributed by atoms with Crippen LogP contribution in [-0.2, 0) is 16.4 Å². The Balaban J connectivity index is 2.02. The van der Waals surface area contributed by atoms with Crippen molar-refractivity contribution in [2.45, 2.75) is 84.0 Å². The maximum Gasteiger partial charge on any atom is 0.264 e. The number of aryl methyl sites for hydroxylation is 1. The molecule has 1 N–H and O–H groups in total. The molecule has 1 unspecified atom stereocenters. The monoisotopic (exact) mass is 494 g/mol. The van der Waals surface area contributed by atoms with Crippen molar-refractivity contribution in [1.82, 2.24) is 5.16 Å². The van der Waals surface area contributed by atoms with Gasteiger partial charge in [0.2, 0.25) is 5.88 Å². The van der Waals surface area contributed by atoms with Gasteiger partial charge in [-0.2, -0.15) is 0 Å². The summed E-state index contributed by atoms with van der Waals surface area (Å²) in [6.45, 7) is 14.2. The Kier molecular flexibility index (Phi) is 8.95. The van der Waals surface area contributed by atoms with E-state index in [0.717, 1.165) is 24.0 Å². The molecule has 3 aromatic rings. The maximum absolute atomic E-state index is 13.4. The predicted molar refractivity (Wildman–Crippen MR) is 144 cm³/mol. The Hall–Kier alpha value is -2.86. The van der Waals surface area contributed by atoms with Gasteiger partial charge in [0.1, 0.15) is 0 Å². The van der Waals surface area contributed by atoms with E-state index in [1.54, 1.807) is 26.0 Å². The summed E-state index contributed by atoms with van der Waals surface area (Å²) < 4.78 is 34.6. The normalized spacial score (nSPS) is 12.5. The zero-order valence-electron chi connectivity index (χ0n) is 21.6. The molecule has 3 rings (SSSR count). The van der Waals surface area contributed by atoms with Gasteiger partial charge in [-0.05, 0) is 61.9 Å². The fourth-order valence-corrected chi connectivity index (χ4v) is 5.96. The molecule has 0 spiro atoms. The Morgan fingerprint density at radius 1 is 1.00 bits per heavy atom. The molecule has 1 atom stereocenters. The van der Waals surface area contributed by atoms with Gasteiger partial charge in [0.15, 0.2) is 0 Å². The van der Waals surface area contributed by atoms with E-state index in [1.165, 1.54) is 36.8 Å². The second-order valence-electron chi connectivity index (χ2n) is 9.17. The van der Waals surface area contributed by atoms with Crippen molar-refractivity contribution in [3.8, 4) is 11.1 Å². The summed E-state index contributed by atoms with van der Waals surface area (Å²) in [4.78, 5) is 0.218. The number of benzene rings is 2. The molecular formula is C29H38N2O3S. The molecule has 1 heterocycles. The van der Waals surface area contributed by atoms with E-state index in [1.807, 2.05) is 12.1 Å². The molecule has 188 valence electrons. The van der Waals surface area contributed by atoms with Gasteiger partial charge in [0.05, 0.1) is 10.6 Å². The number of unbranched alkanes of at least 4 members (excludes halogenated alkanes) is 3. The Labute approximate surface area is 210 Å². The summed E-state index contributed by atoms with van der Waals surface area (Å²) >= 11 is 0. The van der Waals surface area contributed by atoms with Crippen molar-refractivity contribution >= 4 is 15.9 Å². The molecule has 0 radical (unpaired) electrons. The smallest absolute Gasteiger partial charge is 0.264 e. The van der Waals surface area contributed by atoms with E-state index in [9.17, 15) is 8.42 Å². The summed E-state index contributed by atoms with van der Waals surface area (Å²) in [5, 5.41) is 3.87. The number of hydrogen-bond donors (Lipinski definition) is 1. The molecule has 5 nitrogen and oxygen atoms in total. The minimum Gasteiger partial charge on any atom is -0.337 e. The summed E-state index contributed by atoms with van der Waals surface area (Å²) in [5.41, 5.74) is 6.61. The standard InChI is InChI=1S/C29H38N2O3S/c1-7-10-11-12-15-23(8-2)25-18-19-26(24(9-3)21(25)5)27-16-13-14-17-28(27)35(32,33)31-29-20(4)22(6)30-34-29/h8,13-14,16-19,23,31H,2,7,9-12,15H2,1,3-6H3. The number of aromatic nitrogens is 1.